The number of benzene rings is 1. The lowest BCUT2D eigenvalue weighted by Crippen LogP contribution is -2.64. The highest BCUT2D eigenvalue weighted by Gasteiger charge is 2.46. The molecule has 2 aliphatic heterocycles. The van der Waals surface area contributed by atoms with Gasteiger partial charge in [0, 0.05) is 68.3 Å². The summed E-state index contributed by atoms with van der Waals surface area (Å²) in [4.78, 5) is 169. The van der Waals surface area contributed by atoms with Gasteiger partial charge in [-0.25, -0.2) is 0 Å². The van der Waals surface area contributed by atoms with Crippen molar-refractivity contribution in [3.63, 3.8) is 0 Å². The van der Waals surface area contributed by atoms with Gasteiger partial charge in [-0.1, -0.05) is 105 Å². The largest absolute Gasteiger partial charge is 0.417 e. The lowest BCUT2D eigenvalue weighted by molar-refractivity contribution is -0.152. The summed E-state index contributed by atoms with van der Waals surface area (Å²) in [6.45, 7) is 14.1. The van der Waals surface area contributed by atoms with Gasteiger partial charge in [0.15, 0.2) is 0 Å². The molecule has 0 bridgehead atoms. The van der Waals surface area contributed by atoms with Gasteiger partial charge < -0.3 is 55.1 Å². The Kier molecular flexibility index (Phi) is 28.0. The van der Waals surface area contributed by atoms with E-state index in [1.54, 1.807) is 34.6 Å². The van der Waals surface area contributed by atoms with Gasteiger partial charge in [-0.15, -0.1) is 0 Å². The van der Waals surface area contributed by atoms with Crippen LogP contribution in [0, 0.1) is 23.7 Å². The van der Waals surface area contributed by atoms with Crippen LogP contribution < -0.4 is 16.0 Å². The van der Waals surface area contributed by atoms with Crippen LogP contribution in [0.1, 0.15) is 157 Å². The molecule has 26 heteroatoms. The molecule has 22 nitrogen and oxygen atoms in total. The van der Waals surface area contributed by atoms with E-state index < -0.39 is 161 Å². The SMILES string of the molecule is CC[C@H](C)[C@@H]1NC(=O)C(CC(C)C)N(C)C(=O)C[C@@H](C)N(C)C(=O)[C@H](C(C)C)N(C)C(=O)[C@](C)(CC)NC(=O)[C@@H]2CCCN2C(=O)[C@H](CCc2ccc(C(F)(F)F)c(Cl)c2)NC(=O)CN(C)C(=O)[C@H](CC2CCCCC2)N(C)C(=O)CN(C)C(=O)CN(C)C1=O. The lowest BCUT2D eigenvalue weighted by atomic mass is 9.84. The van der Waals surface area contributed by atoms with Crippen molar-refractivity contribution in [1.82, 2.24) is 55.1 Å². The highest BCUT2D eigenvalue weighted by molar-refractivity contribution is 6.31. The number of nitrogens with zero attached hydrogens (tertiary/aromatic N) is 8. The first-order chi connectivity index (χ1) is 41.9. The zero-order chi connectivity index (χ0) is 68.0. The minimum Gasteiger partial charge on any atom is -0.343 e. The second-order valence-electron chi connectivity index (χ2n) is 26.4. The number of alkyl halides is 3. The number of amides is 11. The maximum absolute atomic E-state index is 14.9. The third-order valence-corrected chi connectivity index (χ3v) is 18.9. The second-order valence-corrected chi connectivity index (χ2v) is 26.8. The third-order valence-electron chi connectivity index (χ3n) is 18.6. The molecule has 11 amide bonds. The standard InChI is InChI=1S/C64H101ClF3N11O11/c1-17-40(7)54-60(88)74(12)36-52(82)72(10)37-53(83)77(15)49(34-42-23-20-19-21-24-42)59(87)73(11)35-50(80)69-46(29-27-43-26-28-44(45(65)33-43)64(66,67)68)58(86)79-30-22-25-47(79)57(85)71-63(9,18-2)62(90)78(16)55(39(5)6)61(89)75(13)41(8)32-51(81)76(14)48(31-38(3)4)56(84)70-54/h26,28,33,38-42,46-49,54-55H,17-25,27,29-32,34-37H2,1-16H3,(H,69,80)(H,70,84)(H,71,85)/t40-,41+,46-,47-,48?,49-,54-,55-,63-/m0/s1. The van der Waals surface area contributed by atoms with E-state index in [9.17, 15) is 65.9 Å². The van der Waals surface area contributed by atoms with Crippen LogP contribution >= 0.6 is 11.6 Å². The van der Waals surface area contributed by atoms with Crippen molar-refractivity contribution in [2.75, 3.05) is 75.5 Å². The van der Waals surface area contributed by atoms with E-state index in [1.165, 1.54) is 86.8 Å². The maximum Gasteiger partial charge on any atom is 0.417 e. The van der Waals surface area contributed by atoms with Gasteiger partial charge in [-0.3, -0.25) is 52.7 Å². The summed E-state index contributed by atoms with van der Waals surface area (Å²) in [5.74, 6) is -7.95. The average molecular weight is 1290 g/mol. The third kappa shape index (κ3) is 19.7. The Morgan fingerprint density at radius 3 is 1.83 bits per heavy atom. The van der Waals surface area contributed by atoms with Crippen LogP contribution in [0.3, 0.4) is 0 Å². The summed E-state index contributed by atoms with van der Waals surface area (Å²) < 4.78 is 41.2. The van der Waals surface area contributed by atoms with E-state index in [1.807, 2.05) is 20.8 Å². The van der Waals surface area contributed by atoms with Crippen LogP contribution in [-0.2, 0) is 65.3 Å². The van der Waals surface area contributed by atoms with Crippen molar-refractivity contribution in [2.24, 2.45) is 23.7 Å². The van der Waals surface area contributed by atoms with Crippen LogP contribution in [-0.4, -0.2) is 228 Å². The number of rotatable bonds is 11. The average Bonchev–Trinajstić information content (AvgIpc) is 1.32. The lowest BCUT2D eigenvalue weighted by Gasteiger charge is -2.40. The summed E-state index contributed by atoms with van der Waals surface area (Å²) in [5, 5.41) is 7.91. The number of nitrogens with one attached hydrogen (secondary N) is 3. The van der Waals surface area contributed by atoms with E-state index in [-0.39, 0.29) is 63.3 Å². The number of carbonyl (C=O) groups is 11. The smallest absolute Gasteiger partial charge is 0.343 e. The minimum absolute atomic E-state index is 0.0305. The molecule has 3 N–H and O–H groups in total. The molecule has 1 unspecified atom stereocenters. The van der Waals surface area contributed by atoms with Crippen LogP contribution in [0.25, 0.3) is 0 Å². The Hall–Kier alpha value is -6.53. The normalized spacial score (nSPS) is 26.8. The molecule has 2 heterocycles. The number of hydrogen-bond donors (Lipinski definition) is 3. The zero-order valence-corrected chi connectivity index (χ0v) is 56.6. The molecule has 1 aliphatic carbocycles. The first kappa shape index (κ1) is 75.9. The number of likely N-dealkylation sites (N-methyl/N-ethyl adjacent to an activating group) is 7. The first-order valence-electron chi connectivity index (χ1n) is 31.8. The molecule has 0 aromatic heterocycles. The first-order valence-corrected chi connectivity index (χ1v) is 32.2. The van der Waals surface area contributed by atoms with Crippen molar-refractivity contribution in [2.45, 2.75) is 206 Å². The van der Waals surface area contributed by atoms with Gasteiger partial charge in [0.2, 0.25) is 65.0 Å². The summed E-state index contributed by atoms with van der Waals surface area (Å²) in [5.41, 5.74) is -2.42. The van der Waals surface area contributed by atoms with Crippen molar-refractivity contribution in [1.29, 1.82) is 0 Å². The number of fused-ring (bicyclic) bond motifs is 1. The van der Waals surface area contributed by atoms with Gasteiger partial charge in [0.1, 0.15) is 41.8 Å². The second kappa shape index (κ2) is 33.2. The predicted octanol–water partition coefficient (Wildman–Crippen LogP) is 5.36. The topological polar surface area (TPSA) is 250 Å². The molecule has 3 fully saturated rings. The number of hydrogen-bond acceptors (Lipinski definition) is 11. The van der Waals surface area contributed by atoms with E-state index in [4.69, 9.17) is 11.6 Å². The van der Waals surface area contributed by atoms with Gasteiger partial charge >= 0.3 is 6.18 Å². The van der Waals surface area contributed by atoms with Crippen LogP contribution in [0.2, 0.25) is 5.02 Å². The van der Waals surface area contributed by atoms with Crippen LogP contribution in [0.5, 0.6) is 0 Å². The molecule has 506 valence electrons. The highest BCUT2D eigenvalue weighted by Crippen LogP contribution is 2.36. The van der Waals surface area contributed by atoms with Gasteiger partial charge in [-0.05, 0) is 100 Å². The highest BCUT2D eigenvalue weighted by atomic mass is 35.5. The quantitative estimate of drug-likeness (QED) is 0.254. The van der Waals surface area contributed by atoms with Crippen molar-refractivity contribution in [3.05, 3.63) is 34.3 Å². The van der Waals surface area contributed by atoms with Crippen molar-refractivity contribution < 1.29 is 65.9 Å². The van der Waals surface area contributed by atoms with Gasteiger partial charge in [0.05, 0.1) is 30.2 Å². The van der Waals surface area contributed by atoms with E-state index >= 15 is 0 Å². The fourth-order valence-electron chi connectivity index (χ4n) is 12.2. The van der Waals surface area contributed by atoms with Gasteiger partial charge in [-0.2, -0.15) is 13.2 Å². The Balaban J connectivity index is 1.81. The molecule has 1 saturated carbocycles. The molecule has 9 atom stereocenters. The van der Waals surface area contributed by atoms with Crippen LogP contribution in [0.15, 0.2) is 18.2 Å². The maximum atomic E-state index is 14.9. The molecule has 3 aliphatic rings. The summed E-state index contributed by atoms with van der Waals surface area (Å²) >= 11 is 6.10. The Morgan fingerprint density at radius 2 is 1.27 bits per heavy atom. The van der Waals surface area contributed by atoms with E-state index in [0.29, 0.717) is 18.4 Å². The number of carbonyl (C=O) groups excluding carboxylic acids is 11. The van der Waals surface area contributed by atoms with Crippen molar-refractivity contribution >= 4 is 76.6 Å². The fourth-order valence-corrected chi connectivity index (χ4v) is 12.5. The van der Waals surface area contributed by atoms with Crippen molar-refractivity contribution in [3.8, 4) is 0 Å². The fraction of sp³-hybridized carbons (Fsp3) is 0.734. The zero-order valence-electron chi connectivity index (χ0n) is 55.9. The number of aryl methyl sites for hydroxylation is 1. The molecule has 0 spiro atoms. The molecular weight excluding hydrogens is 1190 g/mol. The summed E-state index contributed by atoms with van der Waals surface area (Å²) in [7, 11) is 10.0. The predicted molar refractivity (Wildman–Crippen MR) is 335 cm³/mol. The minimum atomic E-state index is -4.75. The Labute approximate surface area is 535 Å². The molecular formula is C64H101ClF3N11O11. The Morgan fingerprint density at radius 1 is 0.667 bits per heavy atom. The van der Waals surface area contributed by atoms with E-state index in [2.05, 4.69) is 16.0 Å². The van der Waals surface area contributed by atoms with E-state index in [0.717, 1.165) is 58.9 Å². The van der Waals surface area contributed by atoms with Crippen LogP contribution in [0.4, 0.5) is 13.2 Å². The molecule has 1 aromatic rings. The molecule has 0 radical (unpaired) electrons. The molecule has 2 saturated heterocycles. The monoisotopic (exact) mass is 1290 g/mol. The number of halogens is 4. The summed E-state index contributed by atoms with van der Waals surface area (Å²) in [6, 6.07) is -4.64. The van der Waals surface area contributed by atoms with Gasteiger partial charge in [0.25, 0.3) is 0 Å². The molecule has 90 heavy (non-hydrogen) atoms. The molecule has 4 rings (SSSR count). The summed E-state index contributed by atoms with van der Waals surface area (Å²) in [6.07, 6.45) is 0.500. The molecule has 1 aromatic carbocycles. The Bertz CT molecular complexity index is 2750.